The molecule has 1 aliphatic rings. The molecule has 0 aromatic heterocycles. The Hall–Kier alpha value is -1.40. The summed E-state index contributed by atoms with van der Waals surface area (Å²) in [7, 11) is 0. The Balaban J connectivity index is 2.34. The van der Waals surface area contributed by atoms with Gasteiger partial charge in [-0.15, -0.1) is 0 Å². The van der Waals surface area contributed by atoms with Crippen molar-refractivity contribution in [2.24, 2.45) is 0 Å². The number of carbonyl (C=O) groups is 2. The molecule has 0 bridgehead atoms. The number of ether oxygens (including phenoxy) is 3. The largest absolute Gasteiger partial charge is 0.550 e. The zero-order valence-corrected chi connectivity index (χ0v) is 10.6. The molecule has 18 heavy (non-hydrogen) atoms. The lowest BCUT2D eigenvalue weighted by Gasteiger charge is -2.23. The van der Waals surface area contributed by atoms with Crippen molar-refractivity contribution in [3.8, 4) is 0 Å². The van der Waals surface area contributed by atoms with Crippen LogP contribution in [0.25, 0.3) is 0 Å². The van der Waals surface area contributed by atoms with Crippen LogP contribution in [0.2, 0.25) is 0 Å². The molecule has 2 atom stereocenters. The van der Waals surface area contributed by atoms with Crippen LogP contribution in [0, 0.1) is 0 Å². The summed E-state index contributed by atoms with van der Waals surface area (Å²) in [4.78, 5) is 21.5. The Kier molecular flexibility index (Phi) is 4.86. The maximum Gasteiger partial charge on any atom is 0.333 e. The van der Waals surface area contributed by atoms with Crippen molar-refractivity contribution in [2.75, 3.05) is 13.2 Å². The number of aliphatic carboxylic acids is 1. The summed E-state index contributed by atoms with van der Waals surface area (Å²) in [5, 5.41) is 10.4. The number of hydrogen-bond acceptors (Lipinski definition) is 6. The molecule has 1 saturated heterocycles. The van der Waals surface area contributed by atoms with Gasteiger partial charge in [0.25, 0.3) is 0 Å². The van der Waals surface area contributed by atoms with E-state index in [4.69, 9.17) is 14.2 Å². The van der Waals surface area contributed by atoms with E-state index in [0.29, 0.717) is 5.57 Å². The molecule has 0 spiro atoms. The highest BCUT2D eigenvalue weighted by Crippen LogP contribution is 2.28. The maximum atomic E-state index is 11.2. The third-order valence-corrected chi connectivity index (χ3v) is 2.52. The molecule has 1 heterocycles. The van der Waals surface area contributed by atoms with E-state index >= 15 is 0 Å². The first-order valence-electron chi connectivity index (χ1n) is 5.66. The summed E-state index contributed by atoms with van der Waals surface area (Å²) < 4.78 is 15.8. The van der Waals surface area contributed by atoms with Gasteiger partial charge >= 0.3 is 5.97 Å². The van der Waals surface area contributed by atoms with Crippen LogP contribution in [-0.2, 0) is 23.8 Å². The summed E-state index contributed by atoms with van der Waals surface area (Å²) in [6.07, 6.45) is -0.338. The first-order chi connectivity index (χ1) is 8.32. The van der Waals surface area contributed by atoms with Crippen LogP contribution in [0.3, 0.4) is 0 Å². The predicted molar refractivity (Wildman–Crippen MR) is 59.2 cm³/mol. The summed E-state index contributed by atoms with van der Waals surface area (Å²) in [5.74, 6) is -2.59. The van der Waals surface area contributed by atoms with Gasteiger partial charge in [0, 0.05) is 18.0 Å². The van der Waals surface area contributed by atoms with Gasteiger partial charge in [0.05, 0.1) is 6.61 Å². The van der Waals surface area contributed by atoms with E-state index < -0.39 is 17.7 Å². The number of rotatable bonds is 6. The predicted octanol–water partition coefficient (Wildman–Crippen LogP) is -0.233. The number of hydrogen-bond donors (Lipinski definition) is 0. The Morgan fingerprint density at radius 1 is 1.56 bits per heavy atom. The van der Waals surface area contributed by atoms with Crippen LogP contribution < -0.4 is 5.11 Å². The van der Waals surface area contributed by atoms with Gasteiger partial charge in [-0.1, -0.05) is 6.58 Å². The zero-order chi connectivity index (χ0) is 13.8. The molecule has 0 radical (unpaired) electrons. The molecular formula is C12H17O6-. The van der Waals surface area contributed by atoms with Crippen LogP contribution in [0.1, 0.15) is 26.7 Å². The molecule has 0 N–H and O–H groups in total. The second kappa shape index (κ2) is 5.97. The second-order valence-corrected chi connectivity index (χ2v) is 4.44. The van der Waals surface area contributed by atoms with E-state index in [1.165, 1.54) is 0 Å². The van der Waals surface area contributed by atoms with E-state index in [1.54, 1.807) is 13.8 Å². The minimum atomic E-state index is -1.15. The van der Waals surface area contributed by atoms with Crippen LogP contribution in [0.4, 0.5) is 0 Å². The molecular weight excluding hydrogens is 240 g/mol. The SMILES string of the molecule is C=C(C)C(=O)OCC1COC(C)(CCC(=O)[O-])O1. The van der Waals surface area contributed by atoms with Crippen molar-refractivity contribution in [1.29, 1.82) is 0 Å². The van der Waals surface area contributed by atoms with Gasteiger partial charge in [0.15, 0.2) is 5.79 Å². The fourth-order valence-corrected chi connectivity index (χ4v) is 1.52. The van der Waals surface area contributed by atoms with E-state index in [-0.39, 0.29) is 32.2 Å². The van der Waals surface area contributed by atoms with Crippen molar-refractivity contribution in [1.82, 2.24) is 0 Å². The second-order valence-electron chi connectivity index (χ2n) is 4.44. The van der Waals surface area contributed by atoms with Crippen LogP contribution in [-0.4, -0.2) is 37.0 Å². The van der Waals surface area contributed by atoms with E-state index in [2.05, 4.69) is 6.58 Å². The molecule has 2 unspecified atom stereocenters. The highest BCUT2D eigenvalue weighted by Gasteiger charge is 2.37. The third kappa shape index (κ3) is 4.46. The standard InChI is InChI=1S/C12H18O6/c1-8(2)11(15)16-6-9-7-17-12(3,18-9)5-4-10(13)14/h9H,1,4-7H2,2-3H3,(H,13,14)/p-1. The number of carbonyl (C=O) groups excluding carboxylic acids is 2. The summed E-state index contributed by atoms with van der Waals surface area (Å²) >= 11 is 0. The average Bonchev–Trinajstić information content (AvgIpc) is 2.66. The smallest absolute Gasteiger partial charge is 0.333 e. The lowest BCUT2D eigenvalue weighted by molar-refractivity contribution is -0.307. The molecule has 102 valence electrons. The lowest BCUT2D eigenvalue weighted by atomic mass is 10.2. The first kappa shape index (κ1) is 14.7. The molecule has 6 heteroatoms. The third-order valence-electron chi connectivity index (χ3n) is 2.52. The van der Waals surface area contributed by atoms with E-state index in [0.717, 1.165) is 0 Å². The minimum absolute atomic E-state index is 0.0621. The van der Waals surface area contributed by atoms with Gasteiger partial charge in [-0.3, -0.25) is 0 Å². The Morgan fingerprint density at radius 2 is 2.22 bits per heavy atom. The van der Waals surface area contributed by atoms with Crippen LogP contribution in [0.5, 0.6) is 0 Å². The van der Waals surface area contributed by atoms with Gasteiger partial charge in [-0.25, -0.2) is 4.79 Å². The van der Waals surface area contributed by atoms with Gasteiger partial charge < -0.3 is 24.1 Å². The molecule has 0 aromatic rings. The highest BCUT2D eigenvalue weighted by molar-refractivity contribution is 5.86. The summed E-state index contributed by atoms with van der Waals surface area (Å²) in [5.41, 5.74) is 0.314. The van der Waals surface area contributed by atoms with Crippen molar-refractivity contribution in [3.63, 3.8) is 0 Å². The molecule has 0 aromatic carbocycles. The Morgan fingerprint density at radius 3 is 2.78 bits per heavy atom. The lowest BCUT2D eigenvalue weighted by Crippen LogP contribution is -2.32. The van der Waals surface area contributed by atoms with Gasteiger partial charge in [0.1, 0.15) is 12.7 Å². The van der Waals surface area contributed by atoms with Crippen molar-refractivity contribution >= 4 is 11.9 Å². The van der Waals surface area contributed by atoms with Gasteiger partial charge in [0.2, 0.25) is 0 Å². The minimum Gasteiger partial charge on any atom is -0.550 e. The maximum absolute atomic E-state index is 11.2. The molecule has 1 fully saturated rings. The zero-order valence-electron chi connectivity index (χ0n) is 10.6. The van der Waals surface area contributed by atoms with Gasteiger partial charge in [-0.05, 0) is 20.3 Å². The Bertz CT molecular complexity index is 350. The molecule has 6 nitrogen and oxygen atoms in total. The number of esters is 1. The summed E-state index contributed by atoms with van der Waals surface area (Å²) in [6.45, 7) is 6.98. The van der Waals surface area contributed by atoms with Crippen LogP contribution >= 0.6 is 0 Å². The normalized spacial score (nSPS) is 26.9. The van der Waals surface area contributed by atoms with Gasteiger partial charge in [-0.2, -0.15) is 0 Å². The van der Waals surface area contributed by atoms with Crippen molar-refractivity contribution < 1.29 is 28.9 Å². The van der Waals surface area contributed by atoms with E-state index in [1.807, 2.05) is 0 Å². The summed E-state index contributed by atoms with van der Waals surface area (Å²) in [6, 6.07) is 0. The quantitative estimate of drug-likeness (QED) is 0.482. The molecule has 0 aliphatic carbocycles. The van der Waals surface area contributed by atoms with E-state index in [9.17, 15) is 14.7 Å². The topological polar surface area (TPSA) is 84.9 Å². The number of carboxylic acids is 1. The van der Waals surface area contributed by atoms with Crippen LogP contribution in [0.15, 0.2) is 12.2 Å². The van der Waals surface area contributed by atoms with Crippen molar-refractivity contribution in [2.45, 2.75) is 38.6 Å². The fraction of sp³-hybridized carbons (Fsp3) is 0.667. The molecule has 1 rings (SSSR count). The molecule has 0 saturated carbocycles. The fourth-order valence-electron chi connectivity index (χ4n) is 1.52. The molecule has 0 amide bonds. The van der Waals surface area contributed by atoms with Crippen molar-refractivity contribution in [3.05, 3.63) is 12.2 Å². The Labute approximate surface area is 106 Å². The highest BCUT2D eigenvalue weighted by atomic mass is 16.7. The monoisotopic (exact) mass is 257 g/mol. The number of carboxylic acid groups (broad SMARTS) is 1. The average molecular weight is 257 g/mol. The first-order valence-corrected chi connectivity index (χ1v) is 5.66. The molecule has 1 aliphatic heterocycles.